The lowest BCUT2D eigenvalue weighted by Crippen LogP contribution is -3.07. The van der Waals surface area contributed by atoms with E-state index in [2.05, 4.69) is 39.9 Å². The van der Waals surface area contributed by atoms with Crippen LogP contribution in [0.15, 0.2) is 0 Å². The molecule has 2 heterocycles. The Hall–Kier alpha value is -0.160. The van der Waals surface area contributed by atoms with Gasteiger partial charge in [0.05, 0.1) is 42.2 Å². The lowest BCUT2D eigenvalue weighted by molar-refractivity contribution is -0.797. The topological polar surface area (TPSA) is 55.3 Å². The molecule has 3 unspecified atom stereocenters. The summed E-state index contributed by atoms with van der Waals surface area (Å²) in [6, 6.07) is 0. The number of quaternary nitrogens is 1. The third-order valence-corrected chi connectivity index (χ3v) is 4.58. The lowest BCUT2D eigenvalue weighted by atomic mass is 9.77. The first kappa shape index (κ1) is 17.2. The summed E-state index contributed by atoms with van der Waals surface area (Å²) < 4.78 is 12.9. The number of aliphatic hydroxyl groups is 1. The molecule has 4 heteroatoms. The van der Waals surface area contributed by atoms with Gasteiger partial charge < -0.3 is 19.9 Å². The fourth-order valence-corrected chi connectivity index (χ4v) is 4.58. The summed E-state index contributed by atoms with van der Waals surface area (Å²) in [5, 5.41) is 12.2. The maximum absolute atomic E-state index is 9.73. The maximum Gasteiger partial charge on any atom is 0.180 e. The van der Waals surface area contributed by atoms with E-state index in [9.17, 15) is 5.11 Å². The first-order valence-corrected chi connectivity index (χ1v) is 8.46. The van der Waals surface area contributed by atoms with Crippen molar-refractivity contribution >= 4 is 0 Å². The summed E-state index contributed by atoms with van der Waals surface area (Å²) in [6.45, 7) is 13.1. The fourth-order valence-electron chi connectivity index (χ4n) is 4.58. The molecule has 1 spiro atoms. The van der Waals surface area contributed by atoms with Gasteiger partial charge in [-0.3, -0.25) is 0 Å². The largest absolute Gasteiger partial charge is 0.393 e. The first-order valence-electron chi connectivity index (χ1n) is 8.46. The zero-order valence-corrected chi connectivity index (χ0v) is 14.6. The van der Waals surface area contributed by atoms with Crippen molar-refractivity contribution in [1.29, 1.82) is 0 Å². The van der Waals surface area contributed by atoms with Crippen molar-refractivity contribution in [2.75, 3.05) is 0 Å². The smallest absolute Gasteiger partial charge is 0.180 e. The minimum absolute atomic E-state index is 0.104. The molecular formula is C17H34NO3+. The van der Waals surface area contributed by atoms with Crippen LogP contribution in [-0.4, -0.2) is 40.3 Å². The van der Waals surface area contributed by atoms with E-state index in [0.29, 0.717) is 6.42 Å². The molecule has 0 radical (unpaired) electrons. The van der Waals surface area contributed by atoms with E-state index in [0.717, 1.165) is 25.7 Å². The molecule has 21 heavy (non-hydrogen) atoms. The van der Waals surface area contributed by atoms with Gasteiger partial charge in [0.25, 0.3) is 0 Å². The Labute approximate surface area is 129 Å². The molecule has 0 aromatic rings. The SMILES string of the molecule is CCC1CC(CC(C)O)OC2(CC(C)(C)[NH2+]C(C)(C)C2)O1. The zero-order valence-electron chi connectivity index (χ0n) is 14.6. The molecule has 4 nitrogen and oxygen atoms in total. The molecule has 0 bridgehead atoms. The van der Waals surface area contributed by atoms with Crippen LogP contribution in [0.3, 0.4) is 0 Å². The number of rotatable bonds is 3. The minimum Gasteiger partial charge on any atom is -0.393 e. The lowest BCUT2D eigenvalue weighted by Gasteiger charge is -2.53. The molecule has 2 aliphatic rings. The molecule has 124 valence electrons. The number of nitrogens with two attached hydrogens (primary N) is 1. The Morgan fingerprint density at radius 2 is 1.62 bits per heavy atom. The number of aliphatic hydroxyl groups excluding tert-OH is 1. The second-order valence-electron chi connectivity index (χ2n) is 8.59. The van der Waals surface area contributed by atoms with Crippen molar-refractivity contribution in [3.8, 4) is 0 Å². The van der Waals surface area contributed by atoms with Crippen molar-refractivity contribution in [2.24, 2.45) is 0 Å². The van der Waals surface area contributed by atoms with Crippen LogP contribution in [0.2, 0.25) is 0 Å². The average molecular weight is 300 g/mol. The predicted octanol–water partition coefficient (Wildman–Crippen LogP) is 1.95. The van der Waals surface area contributed by atoms with Crippen LogP contribution in [-0.2, 0) is 9.47 Å². The van der Waals surface area contributed by atoms with Crippen molar-refractivity contribution < 1.29 is 19.9 Å². The van der Waals surface area contributed by atoms with Gasteiger partial charge in [-0.1, -0.05) is 6.92 Å². The second-order valence-corrected chi connectivity index (χ2v) is 8.59. The van der Waals surface area contributed by atoms with Gasteiger partial charge in [0.15, 0.2) is 5.79 Å². The van der Waals surface area contributed by atoms with Gasteiger partial charge in [0.1, 0.15) is 0 Å². The molecule has 3 N–H and O–H groups in total. The van der Waals surface area contributed by atoms with E-state index in [4.69, 9.17) is 9.47 Å². The summed E-state index contributed by atoms with van der Waals surface area (Å²) in [5.74, 6) is -0.486. The van der Waals surface area contributed by atoms with E-state index in [1.165, 1.54) is 0 Å². The van der Waals surface area contributed by atoms with Crippen molar-refractivity contribution in [1.82, 2.24) is 0 Å². The summed E-state index contributed by atoms with van der Waals surface area (Å²) >= 11 is 0. The van der Waals surface area contributed by atoms with E-state index in [1.807, 2.05) is 6.92 Å². The van der Waals surface area contributed by atoms with Crippen LogP contribution in [0, 0.1) is 0 Å². The van der Waals surface area contributed by atoms with E-state index in [1.54, 1.807) is 0 Å². The zero-order chi connectivity index (χ0) is 15.9. The highest BCUT2D eigenvalue weighted by Gasteiger charge is 2.55. The standard InChI is InChI=1S/C17H33NO3/c1-7-13-9-14(8-12(2)19)21-17(20-13)10-15(3,4)18-16(5,6)11-17/h12-14,18-19H,7-11H2,1-6H3/p+1. The van der Waals surface area contributed by atoms with Gasteiger partial charge in [-0.15, -0.1) is 0 Å². The first-order chi connectivity index (χ1) is 9.55. The van der Waals surface area contributed by atoms with Gasteiger partial charge in [-0.25, -0.2) is 0 Å². The molecule has 2 fully saturated rings. The number of piperidine rings is 1. The highest BCUT2D eigenvalue weighted by atomic mass is 16.7. The average Bonchev–Trinajstić information content (AvgIpc) is 2.21. The van der Waals surface area contributed by atoms with Crippen LogP contribution >= 0.6 is 0 Å². The number of ether oxygens (including phenoxy) is 2. The van der Waals surface area contributed by atoms with E-state index < -0.39 is 5.79 Å². The van der Waals surface area contributed by atoms with E-state index >= 15 is 0 Å². The Balaban J connectivity index is 2.21. The molecule has 0 aliphatic carbocycles. The normalized spacial score (nSPS) is 35.6. The number of hydrogen-bond acceptors (Lipinski definition) is 3. The highest BCUT2D eigenvalue weighted by molar-refractivity contribution is 4.94. The van der Waals surface area contributed by atoms with Crippen LogP contribution < -0.4 is 5.32 Å². The molecule has 0 aromatic heterocycles. The van der Waals surface area contributed by atoms with Crippen molar-refractivity contribution in [3.05, 3.63) is 0 Å². The molecule has 0 saturated carbocycles. The van der Waals surface area contributed by atoms with Crippen LogP contribution in [0.4, 0.5) is 0 Å². The molecule has 0 amide bonds. The molecule has 2 aliphatic heterocycles. The molecular weight excluding hydrogens is 266 g/mol. The van der Waals surface area contributed by atoms with Gasteiger partial charge >= 0.3 is 0 Å². The Morgan fingerprint density at radius 1 is 1.10 bits per heavy atom. The maximum atomic E-state index is 9.73. The molecule has 3 atom stereocenters. The predicted molar refractivity (Wildman–Crippen MR) is 83.0 cm³/mol. The molecule has 0 aromatic carbocycles. The van der Waals surface area contributed by atoms with E-state index in [-0.39, 0.29) is 29.4 Å². The van der Waals surface area contributed by atoms with Gasteiger partial charge in [0, 0.05) is 6.42 Å². The Morgan fingerprint density at radius 3 is 2.10 bits per heavy atom. The highest BCUT2D eigenvalue weighted by Crippen LogP contribution is 2.42. The quantitative estimate of drug-likeness (QED) is 0.837. The van der Waals surface area contributed by atoms with Gasteiger partial charge in [-0.2, -0.15) is 0 Å². The molecule has 2 rings (SSSR count). The summed E-state index contributed by atoms with van der Waals surface area (Å²) in [5.41, 5.74) is 0.208. The monoisotopic (exact) mass is 300 g/mol. The minimum atomic E-state index is -0.486. The molecule has 2 saturated heterocycles. The van der Waals surface area contributed by atoms with Crippen LogP contribution in [0.25, 0.3) is 0 Å². The van der Waals surface area contributed by atoms with Crippen molar-refractivity contribution in [3.63, 3.8) is 0 Å². The fraction of sp³-hybridized carbons (Fsp3) is 1.00. The third kappa shape index (κ3) is 4.41. The second kappa shape index (κ2) is 5.80. The number of hydrogen-bond donors (Lipinski definition) is 2. The van der Waals surface area contributed by atoms with Crippen LogP contribution in [0.5, 0.6) is 0 Å². The summed E-state index contributed by atoms with van der Waals surface area (Å²) in [7, 11) is 0. The summed E-state index contributed by atoms with van der Waals surface area (Å²) in [6.07, 6.45) is 4.43. The Bertz CT molecular complexity index is 349. The van der Waals surface area contributed by atoms with Crippen LogP contribution in [0.1, 0.15) is 73.6 Å². The van der Waals surface area contributed by atoms with Gasteiger partial charge in [-0.05, 0) is 47.5 Å². The Kier molecular flexibility index (Phi) is 4.75. The summed E-state index contributed by atoms with van der Waals surface area (Å²) in [4.78, 5) is 0. The van der Waals surface area contributed by atoms with Crippen molar-refractivity contribution in [2.45, 2.75) is 109 Å². The third-order valence-electron chi connectivity index (χ3n) is 4.58. The van der Waals surface area contributed by atoms with Gasteiger partial charge in [0.2, 0.25) is 0 Å².